The third-order valence-electron chi connectivity index (χ3n) is 1.85. The van der Waals surface area contributed by atoms with Crippen molar-refractivity contribution < 1.29 is 4.74 Å². The molecule has 0 saturated carbocycles. The van der Waals surface area contributed by atoms with Crippen molar-refractivity contribution in [3.05, 3.63) is 48.7 Å². The second kappa shape index (κ2) is 5.19. The Kier molecular flexibility index (Phi) is 3.42. The highest BCUT2D eigenvalue weighted by Crippen LogP contribution is 2.23. The van der Waals surface area contributed by atoms with Crippen molar-refractivity contribution in [3.63, 3.8) is 0 Å². The van der Waals surface area contributed by atoms with Crippen LogP contribution in [0, 0.1) is 10.7 Å². The smallest absolute Gasteiger partial charge is 0.219 e. The summed E-state index contributed by atoms with van der Waals surface area (Å²) >= 11 is 1.12. The Morgan fingerprint density at radius 1 is 1.12 bits per heavy atom. The number of hydrogen-bond acceptors (Lipinski definition) is 4. The molecule has 0 aliphatic carbocycles. The van der Waals surface area contributed by atoms with E-state index in [1.165, 1.54) is 0 Å². The van der Waals surface area contributed by atoms with Crippen LogP contribution in [0.4, 0.5) is 0 Å². The van der Waals surface area contributed by atoms with Crippen LogP contribution in [0.2, 0.25) is 0 Å². The first-order chi connectivity index (χ1) is 7.88. The summed E-state index contributed by atoms with van der Waals surface area (Å²) in [6.45, 7) is 0. The molecular formula is C12H8N2OS. The molecule has 0 bridgehead atoms. The first-order valence-electron chi connectivity index (χ1n) is 4.63. The minimum Gasteiger partial charge on any atom is -0.439 e. The van der Waals surface area contributed by atoms with Crippen LogP contribution in [-0.4, -0.2) is 4.98 Å². The lowest BCUT2D eigenvalue weighted by atomic mass is 10.3. The summed E-state index contributed by atoms with van der Waals surface area (Å²) in [5.41, 5.74) is 0. The third kappa shape index (κ3) is 2.75. The van der Waals surface area contributed by atoms with Crippen molar-refractivity contribution in [3.8, 4) is 17.0 Å². The van der Waals surface area contributed by atoms with Gasteiger partial charge < -0.3 is 4.74 Å². The summed E-state index contributed by atoms with van der Waals surface area (Å²) in [4.78, 5) is 4.95. The number of aromatic nitrogens is 1. The molecule has 0 unspecified atom stereocenters. The van der Waals surface area contributed by atoms with Crippen LogP contribution in [-0.2, 0) is 0 Å². The van der Waals surface area contributed by atoms with Gasteiger partial charge in [-0.05, 0) is 42.1 Å². The quantitative estimate of drug-likeness (QED) is 0.596. The zero-order chi connectivity index (χ0) is 11.2. The average Bonchev–Trinajstić information content (AvgIpc) is 2.33. The van der Waals surface area contributed by atoms with E-state index < -0.39 is 0 Å². The molecule has 1 heterocycles. The van der Waals surface area contributed by atoms with Crippen LogP contribution in [0.5, 0.6) is 11.6 Å². The highest BCUT2D eigenvalue weighted by atomic mass is 32.2. The monoisotopic (exact) mass is 228 g/mol. The van der Waals surface area contributed by atoms with Gasteiger partial charge in [0.1, 0.15) is 11.2 Å². The van der Waals surface area contributed by atoms with Crippen LogP contribution in [0.25, 0.3) is 0 Å². The number of thiocyanates is 1. The Morgan fingerprint density at radius 3 is 2.56 bits per heavy atom. The van der Waals surface area contributed by atoms with Crippen molar-refractivity contribution in [1.29, 1.82) is 5.26 Å². The Morgan fingerprint density at radius 2 is 1.94 bits per heavy atom. The lowest BCUT2D eigenvalue weighted by Gasteiger charge is -2.03. The van der Waals surface area contributed by atoms with Crippen molar-refractivity contribution in [2.24, 2.45) is 0 Å². The van der Waals surface area contributed by atoms with E-state index in [2.05, 4.69) is 4.98 Å². The molecule has 0 N–H and O–H groups in total. The summed E-state index contributed by atoms with van der Waals surface area (Å²) < 4.78 is 5.51. The van der Waals surface area contributed by atoms with Gasteiger partial charge in [-0.2, -0.15) is 5.26 Å². The first kappa shape index (κ1) is 10.5. The Balaban J connectivity index is 2.09. The number of benzene rings is 1. The minimum atomic E-state index is 0.559. The normalized spacial score (nSPS) is 9.44. The maximum atomic E-state index is 8.50. The Labute approximate surface area is 97.7 Å². The highest BCUT2D eigenvalue weighted by molar-refractivity contribution is 8.03. The molecule has 78 valence electrons. The number of pyridine rings is 1. The summed E-state index contributed by atoms with van der Waals surface area (Å²) in [7, 11) is 0. The van der Waals surface area contributed by atoms with Crippen LogP contribution in [0.3, 0.4) is 0 Å². The molecular weight excluding hydrogens is 220 g/mol. The molecule has 0 aliphatic rings. The van der Waals surface area contributed by atoms with Gasteiger partial charge in [0.05, 0.1) is 0 Å². The Hall–Kier alpha value is -1.99. The summed E-state index contributed by atoms with van der Waals surface area (Å²) in [6.07, 6.45) is 1.68. The van der Waals surface area contributed by atoms with E-state index >= 15 is 0 Å². The molecule has 0 spiro atoms. The van der Waals surface area contributed by atoms with Gasteiger partial charge in [-0.1, -0.05) is 6.07 Å². The van der Waals surface area contributed by atoms with Crippen LogP contribution in [0.1, 0.15) is 0 Å². The summed E-state index contributed by atoms with van der Waals surface area (Å²) in [5.74, 6) is 1.27. The molecule has 2 rings (SSSR count). The first-order valence-corrected chi connectivity index (χ1v) is 5.45. The van der Waals surface area contributed by atoms with E-state index in [0.717, 1.165) is 16.7 Å². The second-order valence-electron chi connectivity index (χ2n) is 2.93. The van der Waals surface area contributed by atoms with Gasteiger partial charge in [0, 0.05) is 17.2 Å². The van der Waals surface area contributed by atoms with E-state index in [9.17, 15) is 0 Å². The molecule has 16 heavy (non-hydrogen) atoms. The van der Waals surface area contributed by atoms with Gasteiger partial charge in [-0.25, -0.2) is 4.98 Å². The van der Waals surface area contributed by atoms with E-state index in [1.54, 1.807) is 12.3 Å². The molecule has 1 aromatic heterocycles. The van der Waals surface area contributed by atoms with Gasteiger partial charge in [0.2, 0.25) is 5.88 Å². The summed E-state index contributed by atoms with van der Waals surface area (Å²) in [6, 6.07) is 12.8. The lowest BCUT2D eigenvalue weighted by molar-refractivity contribution is 0.462. The van der Waals surface area contributed by atoms with Crippen molar-refractivity contribution >= 4 is 11.8 Å². The van der Waals surface area contributed by atoms with Gasteiger partial charge in [-0.3, -0.25) is 0 Å². The van der Waals surface area contributed by atoms with Crippen LogP contribution in [0.15, 0.2) is 53.6 Å². The minimum absolute atomic E-state index is 0.559. The van der Waals surface area contributed by atoms with Crippen molar-refractivity contribution in [2.75, 3.05) is 0 Å². The molecule has 0 radical (unpaired) electrons. The molecule has 0 aliphatic heterocycles. The fourth-order valence-electron chi connectivity index (χ4n) is 1.16. The molecule has 1 aromatic carbocycles. The SMILES string of the molecule is N#CSc1ccc(Oc2ccccn2)cc1. The van der Waals surface area contributed by atoms with Gasteiger partial charge in [-0.15, -0.1) is 0 Å². The molecule has 4 heteroatoms. The van der Waals surface area contributed by atoms with E-state index in [-0.39, 0.29) is 0 Å². The molecule has 0 saturated heterocycles. The fourth-order valence-corrected chi connectivity index (χ4v) is 1.53. The third-order valence-corrected chi connectivity index (χ3v) is 2.45. The average molecular weight is 228 g/mol. The second-order valence-corrected chi connectivity index (χ2v) is 3.79. The van der Waals surface area contributed by atoms with E-state index in [4.69, 9.17) is 10.00 Å². The van der Waals surface area contributed by atoms with Gasteiger partial charge in [0.25, 0.3) is 0 Å². The predicted octanol–water partition coefficient (Wildman–Crippen LogP) is 3.45. The largest absolute Gasteiger partial charge is 0.439 e. The zero-order valence-corrected chi connectivity index (χ0v) is 9.15. The molecule has 2 aromatic rings. The maximum absolute atomic E-state index is 8.50. The topological polar surface area (TPSA) is 45.9 Å². The molecule has 0 atom stereocenters. The molecule has 0 amide bonds. The van der Waals surface area contributed by atoms with Crippen molar-refractivity contribution in [1.82, 2.24) is 4.98 Å². The standard InChI is InChI=1S/C12H8N2OS/c13-9-16-11-6-4-10(5-7-11)15-12-3-1-2-8-14-12/h1-8H. The number of nitrogens with zero attached hydrogens (tertiary/aromatic N) is 2. The highest BCUT2D eigenvalue weighted by Gasteiger charge is 1.98. The Bertz CT molecular complexity index is 491. The molecule has 3 nitrogen and oxygen atoms in total. The fraction of sp³-hybridized carbons (Fsp3) is 0. The molecule has 0 fully saturated rings. The summed E-state index contributed by atoms with van der Waals surface area (Å²) in [5, 5.41) is 10.5. The van der Waals surface area contributed by atoms with Gasteiger partial charge in [0.15, 0.2) is 0 Å². The predicted molar refractivity (Wildman–Crippen MR) is 62.2 cm³/mol. The number of nitriles is 1. The number of thioether (sulfide) groups is 1. The van der Waals surface area contributed by atoms with Crippen molar-refractivity contribution in [2.45, 2.75) is 4.90 Å². The van der Waals surface area contributed by atoms with E-state index in [1.807, 2.05) is 41.8 Å². The lowest BCUT2D eigenvalue weighted by Crippen LogP contribution is -1.85. The van der Waals surface area contributed by atoms with Crippen LogP contribution >= 0.6 is 11.8 Å². The number of rotatable bonds is 3. The number of ether oxygens (including phenoxy) is 1. The van der Waals surface area contributed by atoms with E-state index in [0.29, 0.717) is 11.6 Å². The maximum Gasteiger partial charge on any atom is 0.219 e. The zero-order valence-electron chi connectivity index (χ0n) is 8.33. The van der Waals surface area contributed by atoms with Gasteiger partial charge >= 0.3 is 0 Å². The van der Waals surface area contributed by atoms with Crippen LogP contribution < -0.4 is 4.74 Å². The number of hydrogen-bond donors (Lipinski definition) is 0.